The minimum atomic E-state index is -3.86. The second kappa shape index (κ2) is 6.31. The molecular weight excluding hydrogens is 294 g/mol. The van der Waals surface area contributed by atoms with Crippen LogP contribution in [0, 0.1) is 0 Å². The lowest BCUT2D eigenvalue weighted by atomic mass is 10.3. The average molecular weight is 309 g/mol. The number of H-pyrrole nitrogens is 1. The van der Waals surface area contributed by atoms with Gasteiger partial charge in [-0.25, -0.2) is 0 Å². The predicted octanol–water partition coefficient (Wildman–Crippen LogP) is 1.34. The Morgan fingerprint density at radius 1 is 1.24 bits per heavy atom. The second-order valence-electron chi connectivity index (χ2n) is 4.00. The van der Waals surface area contributed by atoms with Gasteiger partial charge in [-0.2, -0.15) is 18.4 Å². The van der Waals surface area contributed by atoms with E-state index in [0.29, 0.717) is 11.4 Å². The second-order valence-corrected chi connectivity index (χ2v) is 5.62. The molecule has 0 fully saturated rings. The highest BCUT2D eigenvalue weighted by Gasteiger charge is 2.19. The van der Waals surface area contributed by atoms with Crippen LogP contribution in [0.4, 0.5) is 0 Å². The quantitative estimate of drug-likeness (QED) is 0.622. The van der Waals surface area contributed by atoms with Gasteiger partial charge in [-0.05, 0) is 24.3 Å². The van der Waals surface area contributed by atoms with Gasteiger partial charge in [0.25, 0.3) is 10.0 Å². The monoisotopic (exact) mass is 309 g/mol. The molecule has 7 nitrogen and oxygen atoms in total. The van der Waals surface area contributed by atoms with Crippen LogP contribution in [0.3, 0.4) is 0 Å². The number of hydrazone groups is 1. The summed E-state index contributed by atoms with van der Waals surface area (Å²) in [5.41, 5.74) is 0.676. The summed E-state index contributed by atoms with van der Waals surface area (Å²) < 4.78 is 34.5. The number of aromatic nitrogens is 1. The lowest BCUT2D eigenvalue weighted by Gasteiger charge is -2.10. The number of aromatic amines is 1. The van der Waals surface area contributed by atoms with Crippen molar-refractivity contribution in [3.8, 4) is 11.5 Å². The van der Waals surface area contributed by atoms with E-state index in [0.717, 1.165) is 0 Å². The van der Waals surface area contributed by atoms with Crippen molar-refractivity contribution < 1.29 is 17.9 Å². The molecule has 0 aliphatic heterocycles. The fourth-order valence-electron chi connectivity index (χ4n) is 1.63. The van der Waals surface area contributed by atoms with Crippen LogP contribution in [0.2, 0.25) is 0 Å². The topological polar surface area (TPSA) is 92.8 Å². The molecule has 1 aromatic heterocycles. The molecule has 0 aliphatic rings. The van der Waals surface area contributed by atoms with Crippen molar-refractivity contribution in [2.24, 2.45) is 5.10 Å². The number of hydrogen-bond donors (Lipinski definition) is 2. The van der Waals surface area contributed by atoms with Crippen LogP contribution >= 0.6 is 0 Å². The first-order chi connectivity index (χ1) is 10.1. The summed E-state index contributed by atoms with van der Waals surface area (Å²) >= 11 is 0. The SMILES string of the molecule is COc1ccc(OC)c(S(=O)(=O)NN=Cc2ccc[nH]2)c1. The molecule has 0 atom stereocenters. The number of sulfonamides is 1. The fraction of sp³-hybridized carbons (Fsp3) is 0.154. The molecule has 1 heterocycles. The lowest BCUT2D eigenvalue weighted by molar-refractivity contribution is 0.392. The van der Waals surface area contributed by atoms with Gasteiger partial charge in [-0.3, -0.25) is 0 Å². The molecule has 2 N–H and O–H groups in total. The third-order valence-corrected chi connectivity index (χ3v) is 3.90. The number of methoxy groups -OCH3 is 2. The van der Waals surface area contributed by atoms with Crippen LogP contribution in [-0.2, 0) is 10.0 Å². The smallest absolute Gasteiger partial charge is 0.280 e. The molecule has 0 unspecified atom stereocenters. The molecule has 0 bridgehead atoms. The van der Waals surface area contributed by atoms with Gasteiger partial charge in [0.15, 0.2) is 0 Å². The van der Waals surface area contributed by atoms with Crippen molar-refractivity contribution >= 4 is 16.2 Å². The minimum absolute atomic E-state index is 0.0482. The van der Waals surface area contributed by atoms with Crippen LogP contribution in [0.1, 0.15) is 5.69 Å². The van der Waals surface area contributed by atoms with Gasteiger partial charge in [0, 0.05) is 12.3 Å². The van der Waals surface area contributed by atoms with E-state index in [1.165, 1.54) is 32.6 Å². The molecule has 0 radical (unpaired) electrons. The van der Waals surface area contributed by atoms with Gasteiger partial charge in [0.05, 0.1) is 26.1 Å². The lowest BCUT2D eigenvalue weighted by Crippen LogP contribution is -2.19. The Morgan fingerprint density at radius 3 is 2.67 bits per heavy atom. The first kappa shape index (κ1) is 14.9. The standard InChI is InChI=1S/C13H15N3O4S/c1-19-11-5-6-12(20-2)13(8-11)21(17,18)16-15-9-10-4-3-7-14-10/h3-9,14,16H,1-2H3. The summed E-state index contributed by atoms with van der Waals surface area (Å²) in [4.78, 5) is 4.95. The maximum atomic E-state index is 12.2. The highest BCUT2D eigenvalue weighted by molar-refractivity contribution is 7.89. The summed E-state index contributed by atoms with van der Waals surface area (Å²) in [6.07, 6.45) is 3.07. The van der Waals surface area contributed by atoms with E-state index in [1.807, 2.05) is 0 Å². The molecule has 8 heteroatoms. The van der Waals surface area contributed by atoms with E-state index < -0.39 is 10.0 Å². The van der Waals surface area contributed by atoms with E-state index in [-0.39, 0.29) is 10.6 Å². The van der Waals surface area contributed by atoms with Gasteiger partial charge >= 0.3 is 0 Å². The highest BCUT2D eigenvalue weighted by atomic mass is 32.2. The van der Waals surface area contributed by atoms with Crippen molar-refractivity contribution in [2.45, 2.75) is 4.90 Å². The fourth-order valence-corrected chi connectivity index (χ4v) is 2.61. The Bertz CT molecular complexity index is 724. The number of rotatable bonds is 6. The van der Waals surface area contributed by atoms with E-state index >= 15 is 0 Å². The number of ether oxygens (including phenoxy) is 2. The zero-order valence-corrected chi connectivity index (χ0v) is 12.3. The molecule has 2 aromatic rings. The first-order valence-corrected chi connectivity index (χ1v) is 7.45. The van der Waals surface area contributed by atoms with Crippen LogP contribution in [0.15, 0.2) is 46.5 Å². The van der Waals surface area contributed by atoms with Crippen molar-refractivity contribution in [2.75, 3.05) is 14.2 Å². The van der Waals surface area contributed by atoms with Crippen LogP contribution < -0.4 is 14.3 Å². The van der Waals surface area contributed by atoms with E-state index in [1.54, 1.807) is 24.4 Å². The zero-order valence-electron chi connectivity index (χ0n) is 11.5. The third-order valence-electron chi connectivity index (χ3n) is 2.66. The number of hydrogen-bond acceptors (Lipinski definition) is 5. The van der Waals surface area contributed by atoms with Gasteiger partial charge in [-0.1, -0.05) is 0 Å². The molecule has 1 aromatic carbocycles. The third kappa shape index (κ3) is 3.54. The van der Waals surface area contributed by atoms with Gasteiger partial charge in [0.1, 0.15) is 16.4 Å². The van der Waals surface area contributed by atoms with Crippen LogP contribution in [0.5, 0.6) is 11.5 Å². The van der Waals surface area contributed by atoms with Crippen molar-refractivity contribution in [3.05, 3.63) is 42.2 Å². The normalized spacial score (nSPS) is 11.5. The van der Waals surface area contributed by atoms with Crippen molar-refractivity contribution in [1.82, 2.24) is 9.82 Å². The summed E-state index contributed by atoms with van der Waals surface area (Å²) in [5, 5.41) is 3.70. The van der Waals surface area contributed by atoms with E-state index in [9.17, 15) is 8.42 Å². The number of nitrogens with one attached hydrogen (secondary N) is 2. The Hall–Kier alpha value is -2.48. The van der Waals surface area contributed by atoms with Gasteiger partial charge in [0.2, 0.25) is 0 Å². The van der Waals surface area contributed by atoms with Crippen LogP contribution in [0.25, 0.3) is 0 Å². The molecule has 0 amide bonds. The Kier molecular flexibility index (Phi) is 4.49. The predicted molar refractivity (Wildman–Crippen MR) is 78.3 cm³/mol. The number of nitrogens with zero attached hydrogens (tertiary/aromatic N) is 1. The summed E-state index contributed by atoms with van der Waals surface area (Å²) in [7, 11) is -1.01. The largest absolute Gasteiger partial charge is 0.497 e. The Balaban J connectivity index is 2.26. The molecule has 0 aliphatic carbocycles. The highest BCUT2D eigenvalue weighted by Crippen LogP contribution is 2.27. The first-order valence-electron chi connectivity index (χ1n) is 5.97. The van der Waals surface area contributed by atoms with Crippen molar-refractivity contribution in [3.63, 3.8) is 0 Å². The van der Waals surface area contributed by atoms with E-state index in [4.69, 9.17) is 9.47 Å². The van der Waals surface area contributed by atoms with Crippen LogP contribution in [-0.4, -0.2) is 33.8 Å². The molecular formula is C13H15N3O4S. The Morgan fingerprint density at radius 2 is 2.05 bits per heavy atom. The molecule has 2 rings (SSSR count). The molecule has 0 saturated carbocycles. The maximum absolute atomic E-state index is 12.2. The molecule has 0 saturated heterocycles. The van der Waals surface area contributed by atoms with Crippen molar-refractivity contribution in [1.29, 1.82) is 0 Å². The summed E-state index contributed by atoms with van der Waals surface area (Å²) in [5.74, 6) is 0.614. The van der Waals surface area contributed by atoms with Gasteiger partial charge in [-0.15, -0.1) is 0 Å². The minimum Gasteiger partial charge on any atom is -0.497 e. The molecule has 21 heavy (non-hydrogen) atoms. The Labute approximate surface area is 122 Å². The summed E-state index contributed by atoms with van der Waals surface area (Å²) in [6, 6.07) is 8.03. The van der Waals surface area contributed by atoms with E-state index in [2.05, 4.69) is 14.9 Å². The zero-order chi connectivity index (χ0) is 15.3. The molecule has 0 spiro atoms. The maximum Gasteiger partial charge on any atom is 0.280 e. The number of benzene rings is 1. The van der Waals surface area contributed by atoms with Gasteiger partial charge < -0.3 is 14.5 Å². The molecule has 112 valence electrons. The average Bonchev–Trinajstić information content (AvgIpc) is 2.99. The summed E-state index contributed by atoms with van der Waals surface area (Å²) in [6.45, 7) is 0.